The fraction of sp³-hybridized carbons (Fsp3) is 0.562. The first kappa shape index (κ1) is 14.9. The van der Waals surface area contributed by atoms with Crippen LogP contribution in [0, 0.1) is 5.41 Å². The fourth-order valence-electron chi connectivity index (χ4n) is 2.40. The lowest BCUT2D eigenvalue weighted by molar-refractivity contribution is -0.136. The van der Waals surface area contributed by atoms with Gasteiger partial charge >= 0.3 is 0 Å². The van der Waals surface area contributed by atoms with Crippen molar-refractivity contribution in [2.75, 3.05) is 0 Å². The van der Waals surface area contributed by atoms with Crippen LogP contribution in [0.2, 0.25) is 0 Å². The average Bonchev–Trinajstić information content (AvgIpc) is 2.45. The maximum Gasteiger partial charge on any atom is 0.261 e. The molecular formula is C16H23NO3. The summed E-state index contributed by atoms with van der Waals surface area (Å²) in [5.74, 6) is 0.587. The highest BCUT2D eigenvalue weighted by Gasteiger charge is 2.48. The van der Waals surface area contributed by atoms with Gasteiger partial charge in [0.2, 0.25) is 0 Å². The van der Waals surface area contributed by atoms with Crippen molar-refractivity contribution in [2.24, 2.45) is 5.41 Å². The topological polar surface area (TPSA) is 58.6 Å². The van der Waals surface area contributed by atoms with E-state index in [2.05, 4.69) is 5.32 Å². The molecule has 1 aliphatic rings. The fourth-order valence-corrected chi connectivity index (χ4v) is 2.40. The van der Waals surface area contributed by atoms with Crippen molar-refractivity contribution >= 4 is 5.91 Å². The van der Waals surface area contributed by atoms with Gasteiger partial charge in [-0.2, -0.15) is 0 Å². The lowest BCUT2D eigenvalue weighted by Gasteiger charge is -2.49. The zero-order valence-electron chi connectivity index (χ0n) is 12.3. The van der Waals surface area contributed by atoms with Crippen molar-refractivity contribution < 1.29 is 14.6 Å². The zero-order valence-corrected chi connectivity index (χ0v) is 12.3. The predicted octanol–water partition coefficient (Wildman–Crippen LogP) is 2.12. The summed E-state index contributed by atoms with van der Waals surface area (Å²) in [6, 6.07) is 9.36. The average molecular weight is 277 g/mol. The SMILES string of the molecule is CCC(Oc1ccccc1)C(=O)NC1CC(O)C1(C)C. The summed E-state index contributed by atoms with van der Waals surface area (Å²) in [6.45, 7) is 5.85. The molecule has 2 N–H and O–H groups in total. The highest BCUT2D eigenvalue weighted by Crippen LogP contribution is 2.40. The first-order valence-corrected chi connectivity index (χ1v) is 7.15. The van der Waals surface area contributed by atoms with Crippen LogP contribution in [0.25, 0.3) is 0 Å². The van der Waals surface area contributed by atoms with E-state index in [9.17, 15) is 9.90 Å². The smallest absolute Gasteiger partial charge is 0.261 e. The highest BCUT2D eigenvalue weighted by molar-refractivity contribution is 5.81. The van der Waals surface area contributed by atoms with Gasteiger partial charge in [0, 0.05) is 11.5 Å². The van der Waals surface area contributed by atoms with Crippen molar-refractivity contribution in [1.82, 2.24) is 5.32 Å². The number of rotatable bonds is 5. The summed E-state index contributed by atoms with van der Waals surface area (Å²) in [6.07, 6.45) is 0.380. The third-order valence-electron chi connectivity index (χ3n) is 4.22. The molecule has 0 saturated heterocycles. The number of nitrogens with one attached hydrogen (secondary N) is 1. The Morgan fingerprint density at radius 1 is 1.45 bits per heavy atom. The van der Waals surface area contributed by atoms with Crippen molar-refractivity contribution in [3.63, 3.8) is 0 Å². The van der Waals surface area contributed by atoms with Crippen molar-refractivity contribution in [3.8, 4) is 5.75 Å². The number of aliphatic hydroxyl groups is 1. The van der Waals surface area contributed by atoms with Gasteiger partial charge in [-0.05, 0) is 25.0 Å². The lowest BCUT2D eigenvalue weighted by atomic mass is 9.64. The van der Waals surface area contributed by atoms with E-state index in [1.54, 1.807) is 0 Å². The Morgan fingerprint density at radius 2 is 2.10 bits per heavy atom. The second-order valence-electron chi connectivity index (χ2n) is 5.96. The summed E-state index contributed by atoms with van der Waals surface area (Å²) in [5.41, 5.74) is -0.263. The molecule has 0 spiro atoms. The number of benzene rings is 1. The van der Waals surface area contributed by atoms with E-state index in [4.69, 9.17) is 4.74 Å². The normalized spacial score (nSPS) is 25.4. The van der Waals surface area contributed by atoms with E-state index in [-0.39, 0.29) is 23.5 Å². The Labute approximate surface area is 120 Å². The molecule has 1 fully saturated rings. The van der Waals surface area contributed by atoms with Crippen LogP contribution in [-0.4, -0.2) is 29.3 Å². The van der Waals surface area contributed by atoms with Crippen molar-refractivity contribution in [3.05, 3.63) is 30.3 Å². The van der Waals surface area contributed by atoms with Gasteiger partial charge < -0.3 is 15.2 Å². The Bertz CT molecular complexity index is 458. The Kier molecular flexibility index (Phi) is 4.33. The van der Waals surface area contributed by atoms with Gasteiger partial charge in [-0.15, -0.1) is 0 Å². The molecule has 1 aromatic carbocycles. The van der Waals surface area contributed by atoms with Crippen molar-refractivity contribution in [1.29, 1.82) is 0 Å². The molecule has 20 heavy (non-hydrogen) atoms. The molecule has 0 bridgehead atoms. The molecule has 2 rings (SSSR count). The van der Waals surface area contributed by atoms with Crippen LogP contribution >= 0.6 is 0 Å². The number of aliphatic hydroxyl groups excluding tert-OH is 1. The van der Waals surface area contributed by atoms with Gasteiger partial charge in [-0.3, -0.25) is 4.79 Å². The van der Waals surface area contributed by atoms with Crippen LogP contribution in [0.3, 0.4) is 0 Å². The molecule has 1 amide bonds. The molecule has 3 unspecified atom stereocenters. The molecule has 4 nitrogen and oxygen atoms in total. The van der Waals surface area contributed by atoms with Crippen LogP contribution in [0.4, 0.5) is 0 Å². The number of carbonyl (C=O) groups excluding carboxylic acids is 1. The quantitative estimate of drug-likeness (QED) is 0.866. The summed E-state index contributed by atoms with van der Waals surface area (Å²) in [4.78, 5) is 12.3. The Balaban J connectivity index is 1.93. The maximum absolute atomic E-state index is 12.3. The number of carbonyl (C=O) groups is 1. The standard InChI is InChI=1S/C16H23NO3/c1-4-12(20-11-8-6-5-7-9-11)15(19)17-13-10-14(18)16(13,2)3/h5-9,12-14,18H,4,10H2,1-3H3,(H,17,19). The minimum Gasteiger partial charge on any atom is -0.481 e. The second kappa shape index (κ2) is 5.83. The van der Waals surface area contributed by atoms with E-state index in [1.165, 1.54) is 0 Å². The summed E-state index contributed by atoms with van der Waals surface area (Å²) in [5, 5.41) is 12.7. The summed E-state index contributed by atoms with van der Waals surface area (Å²) < 4.78 is 5.72. The van der Waals surface area contributed by atoms with E-state index in [0.29, 0.717) is 18.6 Å². The van der Waals surface area contributed by atoms with E-state index in [1.807, 2.05) is 51.1 Å². The molecule has 1 aromatic rings. The van der Waals surface area contributed by atoms with Crippen LogP contribution in [-0.2, 0) is 4.79 Å². The minimum atomic E-state index is -0.494. The predicted molar refractivity (Wildman–Crippen MR) is 77.5 cm³/mol. The first-order chi connectivity index (χ1) is 9.45. The number of amides is 1. The van der Waals surface area contributed by atoms with Gasteiger partial charge in [0.25, 0.3) is 5.91 Å². The number of para-hydroxylation sites is 1. The third-order valence-corrected chi connectivity index (χ3v) is 4.22. The van der Waals surface area contributed by atoms with E-state index < -0.39 is 6.10 Å². The van der Waals surface area contributed by atoms with Crippen LogP contribution < -0.4 is 10.1 Å². The number of hydrogen-bond acceptors (Lipinski definition) is 3. The summed E-state index contributed by atoms with van der Waals surface area (Å²) in [7, 11) is 0. The van der Waals surface area contributed by atoms with Gasteiger partial charge in [0.15, 0.2) is 6.10 Å². The molecule has 1 aliphatic carbocycles. The molecule has 0 heterocycles. The zero-order chi connectivity index (χ0) is 14.8. The lowest BCUT2D eigenvalue weighted by Crippen LogP contribution is -2.62. The van der Waals surface area contributed by atoms with Gasteiger partial charge in [-0.25, -0.2) is 0 Å². The van der Waals surface area contributed by atoms with E-state index >= 15 is 0 Å². The highest BCUT2D eigenvalue weighted by atomic mass is 16.5. The summed E-state index contributed by atoms with van der Waals surface area (Å²) >= 11 is 0. The van der Waals surface area contributed by atoms with Crippen LogP contribution in [0.5, 0.6) is 5.75 Å². The molecule has 3 atom stereocenters. The molecule has 0 radical (unpaired) electrons. The molecule has 1 saturated carbocycles. The maximum atomic E-state index is 12.3. The van der Waals surface area contributed by atoms with E-state index in [0.717, 1.165) is 0 Å². The third kappa shape index (κ3) is 2.96. The van der Waals surface area contributed by atoms with Gasteiger partial charge in [-0.1, -0.05) is 39.0 Å². The molecular weight excluding hydrogens is 254 g/mol. The largest absolute Gasteiger partial charge is 0.481 e. The first-order valence-electron chi connectivity index (χ1n) is 7.15. The Morgan fingerprint density at radius 3 is 2.60 bits per heavy atom. The Hall–Kier alpha value is -1.55. The molecule has 0 aliphatic heterocycles. The van der Waals surface area contributed by atoms with Gasteiger partial charge in [0.1, 0.15) is 5.75 Å². The molecule has 0 aromatic heterocycles. The van der Waals surface area contributed by atoms with Crippen LogP contribution in [0.1, 0.15) is 33.6 Å². The van der Waals surface area contributed by atoms with Gasteiger partial charge in [0.05, 0.1) is 6.10 Å². The monoisotopic (exact) mass is 277 g/mol. The molecule has 4 heteroatoms. The number of hydrogen-bond donors (Lipinski definition) is 2. The van der Waals surface area contributed by atoms with Crippen LogP contribution in [0.15, 0.2) is 30.3 Å². The van der Waals surface area contributed by atoms with Crippen molar-refractivity contribution in [2.45, 2.75) is 51.9 Å². The second-order valence-corrected chi connectivity index (χ2v) is 5.96. The molecule has 110 valence electrons. The minimum absolute atomic E-state index is 0.0124. The number of ether oxygens (including phenoxy) is 1.